The zero-order valence-electron chi connectivity index (χ0n) is 15.2. The van der Waals surface area contributed by atoms with Crippen LogP contribution in [-0.4, -0.2) is 30.8 Å². The lowest BCUT2D eigenvalue weighted by Crippen LogP contribution is -2.36. The Labute approximate surface area is 151 Å². The van der Waals surface area contributed by atoms with Crippen molar-refractivity contribution < 1.29 is 0 Å². The molecule has 1 aliphatic carbocycles. The third kappa shape index (κ3) is 2.65. The van der Waals surface area contributed by atoms with E-state index in [2.05, 4.69) is 51.4 Å². The number of pyridine rings is 1. The number of hydrogen-bond donors (Lipinski definition) is 1. The molecule has 0 unspecified atom stereocenters. The van der Waals surface area contributed by atoms with Crippen LogP contribution in [0.3, 0.4) is 0 Å². The summed E-state index contributed by atoms with van der Waals surface area (Å²) in [6, 6.07) is 4.15. The van der Waals surface area contributed by atoms with E-state index in [4.69, 9.17) is 4.98 Å². The molecule has 1 fully saturated rings. The van der Waals surface area contributed by atoms with Crippen LogP contribution in [0.2, 0.25) is 0 Å². The molecule has 6 nitrogen and oxygen atoms in total. The number of aromatic amines is 1. The molecule has 26 heavy (non-hydrogen) atoms. The molecule has 1 aliphatic heterocycles. The van der Waals surface area contributed by atoms with Gasteiger partial charge in [0.1, 0.15) is 11.5 Å². The number of aryl methyl sites for hydroxylation is 2. The Morgan fingerprint density at radius 2 is 2.08 bits per heavy atom. The summed E-state index contributed by atoms with van der Waals surface area (Å²) in [6.45, 7) is 6.52. The Balaban J connectivity index is 1.44. The maximum absolute atomic E-state index is 12.5. The quantitative estimate of drug-likeness (QED) is 0.789. The van der Waals surface area contributed by atoms with Crippen LogP contribution in [0.1, 0.15) is 52.8 Å². The first-order valence-electron chi connectivity index (χ1n) is 9.37. The van der Waals surface area contributed by atoms with Crippen LogP contribution in [-0.2, 0) is 19.5 Å². The maximum Gasteiger partial charge on any atom is 0.255 e. The standard InChI is InChI=1S/C20H23N5O/c1-12-3-6-18-21-13(2)17(25(18)9-12)11-24-8-7-16-15(10-24)20(26)23-19(22-16)14-4-5-14/h3,6,9,14H,4-5,7-8,10-11H2,1-2H3,(H,22,23,26). The predicted molar refractivity (Wildman–Crippen MR) is 99.3 cm³/mol. The number of fused-ring (bicyclic) bond motifs is 2. The van der Waals surface area contributed by atoms with Crippen molar-refractivity contribution in [2.45, 2.75) is 52.1 Å². The molecule has 0 amide bonds. The second-order valence-electron chi connectivity index (χ2n) is 7.69. The second kappa shape index (κ2) is 5.77. The third-order valence-corrected chi connectivity index (χ3v) is 5.57. The van der Waals surface area contributed by atoms with E-state index < -0.39 is 0 Å². The van der Waals surface area contributed by atoms with Crippen LogP contribution in [0, 0.1) is 13.8 Å². The summed E-state index contributed by atoms with van der Waals surface area (Å²) >= 11 is 0. The van der Waals surface area contributed by atoms with Crippen LogP contribution in [0.4, 0.5) is 0 Å². The molecular weight excluding hydrogens is 326 g/mol. The average molecular weight is 349 g/mol. The molecule has 1 N–H and O–H groups in total. The van der Waals surface area contributed by atoms with E-state index in [1.165, 1.54) is 11.3 Å². The molecule has 0 saturated heterocycles. The molecule has 5 rings (SSSR count). The van der Waals surface area contributed by atoms with Crippen molar-refractivity contribution >= 4 is 5.65 Å². The molecule has 134 valence electrons. The van der Waals surface area contributed by atoms with Crippen LogP contribution in [0.25, 0.3) is 5.65 Å². The highest BCUT2D eigenvalue weighted by atomic mass is 16.1. The molecule has 1 saturated carbocycles. The number of nitrogens with zero attached hydrogens (tertiary/aromatic N) is 4. The summed E-state index contributed by atoms with van der Waals surface area (Å²) in [4.78, 5) is 27.3. The van der Waals surface area contributed by atoms with Crippen LogP contribution in [0.5, 0.6) is 0 Å². The highest BCUT2D eigenvalue weighted by Gasteiger charge is 2.29. The molecule has 6 heteroatoms. The number of hydrogen-bond acceptors (Lipinski definition) is 4. The van der Waals surface area contributed by atoms with Crippen molar-refractivity contribution in [2.75, 3.05) is 6.54 Å². The SMILES string of the molecule is Cc1ccc2nc(C)c(CN3CCc4nc(C5CC5)[nH]c(=O)c4C3)n2c1. The highest BCUT2D eigenvalue weighted by Crippen LogP contribution is 2.37. The fraction of sp³-hybridized carbons (Fsp3) is 0.450. The molecule has 0 radical (unpaired) electrons. The summed E-state index contributed by atoms with van der Waals surface area (Å²) in [5, 5.41) is 0. The summed E-state index contributed by atoms with van der Waals surface area (Å²) in [5.74, 6) is 1.38. The smallest absolute Gasteiger partial charge is 0.255 e. The van der Waals surface area contributed by atoms with Crippen LogP contribution >= 0.6 is 0 Å². The van der Waals surface area contributed by atoms with Crippen LogP contribution < -0.4 is 5.56 Å². The Morgan fingerprint density at radius 1 is 1.23 bits per heavy atom. The van der Waals surface area contributed by atoms with E-state index >= 15 is 0 Å². The van der Waals surface area contributed by atoms with Crippen LogP contribution in [0.15, 0.2) is 23.1 Å². The number of imidazole rings is 1. The fourth-order valence-corrected chi connectivity index (χ4v) is 3.90. The molecule has 3 aromatic rings. The molecule has 4 heterocycles. The van der Waals surface area contributed by atoms with Crippen molar-refractivity contribution in [3.8, 4) is 0 Å². The summed E-state index contributed by atoms with van der Waals surface area (Å²) in [6.07, 6.45) is 5.29. The lowest BCUT2D eigenvalue weighted by atomic mass is 10.1. The normalized spacial score (nSPS) is 17.6. The van der Waals surface area contributed by atoms with Crippen molar-refractivity contribution in [1.82, 2.24) is 24.3 Å². The first-order chi connectivity index (χ1) is 12.6. The van der Waals surface area contributed by atoms with Gasteiger partial charge in [-0.1, -0.05) is 6.07 Å². The second-order valence-corrected chi connectivity index (χ2v) is 7.69. The Morgan fingerprint density at radius 3 is 2.88 bits per heavy atom. The van der Waals surface area contributed by atoms with E-state index in [9.17, 15) is 4.79 Å². The first kappa shape index (κ1) is 15.8. The summed E-state index contributed by atoms with van der Waals surface area (Å²) in [7, 11) is 0. The van der Waals surface area contributed by atoms with Gasteiger partial charge in [0, 0.05) is 38.2 Å². The van der Waals surface area contributed by atoms with Gasteiger partial charge in [0.2, 0.25) is 0 Å². The van der Waals surface area contributed by atoms with Gasteiger partial charge in [-0.3, -0.25) is 9.69 Å². The molecule has 0 atom stereocenters. The van der Waals surface area contributed by atoms with Crippen molar-refractivity contribution in [3.63, 3.8) is 0 Å². The van der Waals surface area contributed by atoms with E-state index in [-0.39, 0.29) is 5.56 Å². The summed E-state index contributed by atoms with van der Waals surface area (Å²) < 4.78 is 2.18. The zero-order valence-corrected chi connectivity index (χ0v) is 15.2. The topological polar surface area (TPSA) is 66.3 Å². The molecule has 3 aromatic heterocycles. The van der Waals surface area contributed by atoms with E-state index in [0.29, 0.717) is 12.5 Å². The minimum absolute atomic E-state index is 0.0484. The van der Waals surface area contributed by atoms with Gasteiger partial charge in [-0.2, -0.15) is 0 Å². The lowest BCUT2D eigenvalue weighted by molar-refractivity contribution is 0.237. The minimum atomic E-state index is 0.0484. The molecule has 0 bridgehead atoms. The number of H-pyrrole nitrogens is 1. The molecule has 0 aromatic carbocycles. The highest BCUT2D eigenvalue weighted by molar-refractivity contribution is 5.44. The lowest BCUT2D eigenvalue weighted by Gasteiger charge is -2.27. The molecule has 2 aliphatic rings. The number of aromatic nitrogens is 4. The Kier molecular flexibility index (Phi) is 3.50. The van der Waals surface area contributed by atoms with Crippen molar-refractivity contribution in [2.24, 2.45) is 0 Å². The fourth-order valence-electron chi connectivity index (χ4n) is 3.90. The van der Waals surface area contributed by atoms with Crippen molar-refractivity contribution in [3.05, 3.63) is 62.7 Å². The van der Waals surface area contributed by atoms with E-state index in [1.54, 1.807) is 0 Å². The van der Waals surface area contributed by atoms with Gasteiger partial charge in [-0.05, 0) is 38.3 Å². The van der Waals surface area contributed by atoms with Gasteiger partial charge in [0.05, 0.1) is 22.6 Å². The average Bonchev–Trinajstić information content (AvgIpc) is 3.42. The number of rotatable bonds is 3. The largest absolute Gasteiger partial charge is 0.310 e. The van der Waals surface area contributed by atoms with Crippen molar-refractivity contribution in [1.29, 1.82) is 0 Å². The Bertz CT molecular complexity index is 1060. The van der Waals surface area contributed by atoms with Gasteiger partial charge in [0.15, 0.2) is 0 Å². The summed E-state index contributed by atoms with van der Waals surface area (Å²) in [5.41, 5.74) is 6.33. The zero-order chi connectivity index (χ0) is 17.8. The van der Waals surface area contributed by atoms with Gasteiger partial charge in [-0.15, -0.1) is 0 Å². The maximum atomic E-state index is 12.5. The van der Waals surface area contributed by atoms with Gasteiger partial charge < -0.3 is 9.38 Å². The third-order valence-electron chi connectivity index (χ3n) is 5.57. The predicted octanol–water partition coefficient (Wildman–Crippen LogP) is 2.47. The van der Waals surface area contributed by atoms with Gasteiger partial charge >= 0.3 is 0 Å². The van der Waals surface area contributed by atoms with E-state index in [1.807, 2.05) is 0 Å². The molecule has 0 spiro atoms. The van der Waals surface area contributed by atoms with Gasteiger partial charge in [-0.25, -0.2) is 9.97 Å². The monoisotopic (exact) mass is 349 g/mol. The van der Waals surface area contributed by atoms with E-state index in [0.717, 1.165) is 60.8 Å². The van der Waals surface area contributed by atoms with Gasteiger partial charge in [0.25, 0.3) is 5.56 Å². The first-order valence-corrected chi connectivity index (χ1v) is 9.37. The minimum Gasteiger partial charge on any atom is -0.310 e. The number of nitrogens with one attached hydrogen (secondary N) is 1. The Hall–Kier alpha value is -2.47. The molecular formula is C20H23N5O.